The molecule has 6 heteroatoms. The van der Waals surface area contributed by atoms with Crippen molar-refractivity contribution in [1.82, 2.24) is 19.9 Å². The molecule has 84 valence electrons. The second-order valence-electron chi connectivity index (χ2n) is 3.48. The molecule has 3 heterocycles. The third kappa shape index (κ3) is 1.77. The molecule has 0 aromatic carbocycles. The Morgan fingerprint density at radius 2 is 2.06 bits per heavy atom. The largest absolute Gasteiger partial charge is 0.261 e. The van der Waals surface area contributed by atoms with E-state index in [2.05, 4.69) is 19.9 Å². The molecule has 17 heavy (non-hydrogen) atoms. The normalized spacial score (nSPS) is 10.9. The van der Waals surface area contributed by atoms with Crippen LogP contribution in [0.3, 0.4) is 0 Å². The molecule has 0 aliphatic carbocycles. The van der Waals surface area contributed by atoms with Gasteiger partial charge in [-0.15, -0.1) is 11.3 Å². The number of aromatic nitrogens is 4. The lowest BCUT2D eigenvalue weighted by Crippen LogP contribution is -1.91. The molecule has 3 aromatic heterocycles. The van der Waals surface area contributed by atoms with Crippen LogP contribution in [0.25, 0.3) is 21.7 Å². The van der Waals surface area contributed by atoms with E-state index in [9.17, 15) is 0 Å². The third-order valence-corrected chi connectivity index (χ3v) is 3.96. The number of hydrogen-bond donors (Lipinski definition) is 0. The van der Waals surface area contributed by atoms with E-state index in [-0.39, 0.29) is 0 Å². The van der Waals surface area contributed by atoms with Crippen molar-refractivity contribution in [3.05, 3.63) is 34.7 Å². The highest BCUT2D eigenvalue weighted by Gasteiger charge is 2.10. The van der Waals surface area contributed by atoms with E-state index in [0.29, 0.717) is 11.5 Å². The van der Waals surface area contributed by atoms with E-state index in [0.717, 1.165) is 20.1 Å². The van der Waals surface area contributed by atoms with Crippen molar-refractivity contribution >= 4 is 33.2 Å². The predicted octanol–water partition coefficient (Wildman–Crippen LogP) is 3.11. The Balaban J connectivity index is 2.21. The molecule has 0 aliphatic rings. The summed E-state index contributed by atoms with van der Waals surface area (Å²) in [5.41, 5.74) is 0.663. The molecular weight excluding hydrogens is 256 g/mol. The first-order valence-corrected chi connectivity index (χ1v) is 6.13. The summed E-state index contributed by atoms with van der Waals surface area (Å²) >= 11 is 7.70. The highest BCUT2D eigenvalue weighted by molar-refractivity contribution is 7.19. The fraction of sp³-hybridized carbons (Fsp3) is 0.0909. The summed E-state index contributed by atoms with van der Waals surface area (Å²) in [5.74, 6) is 0.573. The first kappa shape index (κ1) is 10.6. The minimum absolute atomic E-state index is 0.573. The number of nitrogens with zero attached hydrogens (tertiary/aromatic N) is 4. The molecule has 3 rings (SSSR count). The Kier molecular flexibility index (Phi) is 2.49. The van der Waals surface area contributed by atoms with Crippen molar-refractivity contribution in [3.8, 4) is 11.5 Å². The highest BCUT2D eigenvalue weighted by Crippen LogP contribution is 2.33. The summed E-state index contributed by atoms with van der Waals surface area (Å²) in [6.45, 7) is 1.97. The van der Waals surface area contributed by atoms with Gasteiger partial charge in [0.2, 0.25) is 0 Å². The minimum atomic E-state index is 0.573. The quantitative estimate of drug-likeness (QED) is 0.676. The number of aryl methyl sites for hydroxylation is 1. The average molecular weight is 263 g/mol. The molecule has 3 aromatic rings. The Morgan fingerprint density at radius 3 is 2.82 bits per heavy atom. The van der Waals surface area contributed by atoms with E-state index in [1.54, 1.807) is 36.1 Å². The van der Waals surface area contributed by atoms with Crippen LogP contribution in [0.2, 0.25) is 5.02 Å². The summed E-state index contributed by atoms with van der Waals surface area (Å²) in [5, 5.41) is 1.62. The lowest BCUT2D eigenvalue weighted by atomic mass is 10.3. The minimum Gasteiger partial charge on any atom is -0.261 e. The van der Waals surface area contributed by atoms with Crippen LogP contribution in [-0.2, 0) is 0 Å². The molecule has 0 fully saturated rings. The van der Waals surface area contributed by atoms with Gasteiger partial charge >= 0.3 is 0 Å². The zero-order valence-electron chi connectivity index (χ0n) is 8.88. The van der Waals surface area contributed by atoms with Gasteiger partial charge in [0.05, 0.1) is 11.2 Å². The van der Waals surface area contributed by atoms with Crippen LogP contribution in [0.4, 0.5) is 0 Å². The van der Waals surface area contributed by atoms with Crippen molar-refractivity contribution in [3.63, 3.8) is 0 Å². The van der Waals surface area contributed by atoms with Crippen LogP contribution in [0.15, 0.2) is 24.8 Å². The summed E-state index contributed by atoms with van der Waals surface area (Å²) in [7, 11) is 0. The summed E-state index contributed by atoms with van der Waals surface area (Å²) < 4.78 is 0. The standard InChI is InChI=1S/C11H7ClN4S/c1-6-9(12)7-4-15-10(16-11(7)17-6)8-5-13-2-3-14-8/h2-5H,1H3. The Hall–Kier alpha value is -1.59. The van der Waals surface area contributed by atoms with Gasteiger partial charge < -0.3 is 0 Å². The van der Waals surface area contributed by atoms with Crippen LogP contribution >= 0.6 is 22.9 Å². The van der Waals surface area contributed by atoms with Crippen molar-refractivity contribution in [1.29, 1.82) is 0 Å². The molecule has 0 bridgehead atoms. The van der Waals surface area contributed by atoms with E-state index >= 15 is 0 Å². The molecule has 4 nitrogen and oxygen atoms in total. The summed E-state index contributed by atoms with van der Waals surface area (Å²) in [6.07, 6.45) is 6.62. The van der Waals surface area contributed by atoms with Crippen LogP contribution in [-0.4, -0.2) is 19.9 Å². The molecule has 0 atom stereocenters. The first-order valence-electron chi connectivity index (χ1n) is 4.94. The van der Waals surface area contributed by atoms with Gasteiger partial charge in [0.1, 0.15) is 10.5 Å². The lowest BCUT2D eigenvalue weighted by molar-refractivity contribution is 1.14. The number of halogens is 1. The molecule has 0 radical (unpaired) electrons. The van der Waals surface area contributed by atoms with Crippen molar-refractivity contribution < 1.29 is 0 Å². The summed E-state index contributed by atoms with van der Waals surface area (Å²) in [4.78, 5) is 18.8. The van der Waals surface area contributed by atoms with E-state index in [4.69, 9.17) is 11.6 Å². The fourth-order valence-corrected chi connectivity index (χ4v) is 2.71. The number of fused-ring (bicyclic) bond motifs is 1. The maximum atomic E-state index is 6.14. The molecule has 0 unspecified atom stereocenters. The van der Waals surface area contributed by atoms with Crippen LogP contribution in [0, 0.1) is 6.92 Å². The first-order chi connectivity index (χ1) is 8.25. The maximum absolute atomic E-state index is 6.14. The van der Waals surface area contributed by atoms with Crippen LogP contribution < -0.4 is 0 Å². The smallest absolute Gasteiger partial charge is 0.181 e. The van der Waals surface area contributed by atoms with E-state index < -0.39 is 0 Å². The third-order valence-electron chi connectivity index (χ3n) is 2.34. The second kappa shape index (κ2) is 4.01. The monoisotopic (exact) mass is 262 g/mol. The van der Waals surface area contributed by atoms with Crippen LogP contribution in [0.1, 0.15) is 4.88 Å². The second-order valence-corrected chi connectivity index (χ2v) is 5.06. The van der Waals surface area contributed by atoms with Crippen molar-refractivity contribution in [2.75, 3.05) is 0 Å². The van der Waals surface area contributed by atoms with Gasteiger partial charge in [0.15, 0.2) is 5.82 Å². The predicted molar refractivity (Wildman–Crippen MR) is 68.2 cm³/mol. The SMILES string of the molecule is Cc1sc2nc(-c3cnccn3)ncc2c1Cl. The topological polar surface area (TPSA) is 51.6 Å². The van der Waals surface area contributed by atoms with Gasteiger partial charge in [-0.2, -0.15) is 0 Å². The van der Waals surface area contributed by atoms with Gasteiger partial charge in [-0.1, -0.05) is 11.6 Å². The molecule has 0 spiro atoms. The number of rotatable bonds is 1. The molecule has 0 saturated carbocycles. The average Bonchev–Trinajstić information content (AvgIpc) is 2.66. The molecule has 0 aliphatic heterocycles. The molecule has 0 amide bonds. The number of hydrogen-bond acceptors (Lipinski definition) is 5. The Bertz CT molecular complexity index is 681. The molecule has 0 N–H and O–H groups in total. The van der Waals surface area contributed by atoms with Gasteiger partial charge in [-0.25, -0.2) is 15.0 Å². The fourth-order valence-electron chi connectivity index (χ4n) is 1.51. The van der Waals surface area contributed by atoms with Crippen molar-refractivity contribution in [2.24, 2.45) is 0 Å². The Morgan fingerprint density at radius 1 is 1.18 bits per heavy atom. The molecular formula is C11H7ClN4S. The summed E-state index contributed by atoms with van der Waals surface area (Å²) in [6, 6.07) is 0. The van der Waals surface area contributed by atoms with Gasteiger partial charge in [-0.3, -0.25) is 4.98 Å². The van der Waals surface area contributed by atoms with E-state index in [1.807, 2.05) is 6.92 Å². The zero-order chi connectivity index (χ0) is 11.8. The zero-order valence-corrected chi connectivity index (χ0v) is 10.5. The highest BCUT2D eigenvalue weighted by atomic mass is 35.5. The lowest BCUT2D eigenvalue weighted by Gasteiger charge is -1.97. The van der Waals surface area contributed by atoms with Gasteiger partial charge in [0.25, 0.3) is 0 Å². The van der Waals surface area contributed by atoms with Crippen molar-refractivity contribution in [2.45, 2.75) is 6.92 Å². The number of thiophene rings is 1. The van der Waals surface area contributed by atoms with E-state index in [1.165, 1.54) is 0 Å². The maximum Gasteiger partial charge on any atom is 0.181 e. The Labute approximate surface area is 106 Å². The van der Waals surface area contributed by atoms with Gasteiger partial charge in [-0.05, 0) is 6.92 Å². The van der Waals surface area contributed by atoms with Crippen LogP contribution in [0.5, 0.6) is 0 Å². The van der Waals surface area contributed by atoms with Gasteiger partial charge in [0, 0.05) is 28.9 Å². The molecule has 0 saturated heterocycles.